The topological polar surface area (TPSA) is 79.6 Å². The SMILES string of the molecule is Cc1nc(Cl)c(CO)n1Cc1ccc(-c2cc(CN3CCOCC3)sc2CNC(=O)C(c2ccccc2)c2ccccc2)cc1. The second-order valence-corrected chi connectivity index (χ2v) is 12.8. The van der Waals surface area contributed by atoms with Crippen LogP contribution in [0.3, 0.4) is 0 Å². The second kappa shape index (κ2) is 14.5. The van der Waals surface area contributed by atoms with Gasteiger partial charge in [-0.25, -0.2) is 4.98 Å². The van der Waals surface area contributed by atoms with E-state index < -0.39 is 5.92 Å². The number of morpholine rings is 1. The number of aromatic nitrogens is 2. The first-order valence-corrected chi connectivity index (χ1v) is 16.4. The van der Waals surface area contributed by atoms with Crippen molar-refractivity contribution in [3.63, 3.8) is 0 Å². The molecule has 1 amide bonds. The largest absolute Gasteiger partial charge is 0.390 e. The van der Waals surface area contributed by atoms with Gasteiger partial charge in [-0.2, -0.15) is 0 Å². The number of nitrogens with one attached hydrogen (secondary N) is 1. The molecule has 7 nitrogen and oxygen atoms in total. The number of ether oxygens (including phenoxy) is 1. The number of hydrogen-bond acceptors (Lipinski definition) is 6. The van der Waals surface area contributed by atoms with Crippen molar-refractivity contribution in [2.24, 2.45) is 0 Å². The zero-order valence-corrected chi connectivity index (χ0v) is 26.9. The minimum atomic E-state index is -0.396. The third-order valence-electron chi connectivity index (χ3n) is 8.26. The lowest BCUT2D eigenvalue weighted by atomic mass is 9.90. The number of rotatable bonds is 11. The lowest BCUT2D eigenvalue weighted by Crippen LogP contribution is -2.35. The first-order valence-electron chi connectivity index (χ1n) is 15.2. The van der Waals surface area contributed by atoms with E-state index in [1.165, 1.54) is 4.88 Å². The Hall–Kier alpha value is -3.79. The molecule has 2 N–H and O–H groups in total. The van der Waals surface area contributed by atoms with Gasteiger partial charge in [0.2, 0.25) is 5.91 Å². The summed E-state index contributed by atoms with van der Waals surface area (Å²) in [7, 11) is 0. The molecule has 0 radical (unpaired) electrons. The van der Waals surface area contributed by atoms with Crippen LogP contribution in [0.5, 0.6) is 0 Å². The number of amides is 1. The highest BCUT2D eigenvalue weighted by Gasteiger charge is 2.23. The van der Waals surface area contributed by atoms with Gasteiger partial charge in [0.1, 0.15) is 5.82 Å². The van der Waals surface area contributed by atoms with Crippen LogP contribution in [0.25, 0.3) is 11.1 Å². The summed E-state index contributed by atoms with van der Waals surface area (Å²) in [6, 6.07) is 30.6. The fourth-order valence-electron chi connectivity index (χ4n) is 5.88. The Labute approximate surface area is 273 Å². The van der Waals surface area contributed by atoms with Gasteiger partial charge < -0.3 is 19.7 Å². The number of hydrogen-bond donors (Lipinski definition) is 2. The normalized spacial score (nSPS) is 13.8. The molecule has 0 atom stereocenters. The van der Waals surface area contributed by atoms with Gasteiger partial charge in [-0.1, -0.05) is 96.5 Å². The van der Waals surface area contributed by atoms with Crippen molar-refractivity contribution in [1.29, 1.82) is 0 Å². The summed E-state index contributed by atoms with van der Waals surface area (Å²) in [6.45, 7) is 6.92. The lowest BCUT2D eigenvalue weighted by molar-refractivity contribution is -0.121. The number of aliphatic hydroxyl groups is 1. The number of halogens is 1. The van der Waals surface area contributed by atoms with Gasteiger partial charge in [-0.05, 0) is 40.8 Å². The van der Waals surface area contributed by atoms with E-state index in [0.717, 1.165) is 71.4 Å². The fourth-order valence-corrected chi connectivity index (χ4v) is 7.33. The van der Waals surface area contributed by atoms with E-state index in [0.29, 0.717) is 23.9 Å². The smallest absolute Gasteiger partial charge is 0.232 e. The predicted molar refractivity (Wildman–Crippen MR) is 179 cm³/mol. The van der Waals surface area contributed by atoms with E-state index in [9.17, 15) is 9.90 Å². The summed E-state index contributed by atoms with van der Waals surface area (Å²) in [5, 5.41) is 13.4. The van der Waals surface area contributed by atoms with E-state index in [2.05, 4.69) is 45.5 Å². The van der Waals surface area contributed by atoms with E-state index in [1.54, 1.807) is 11.3 Å². The zero-order valence-electron chi connectivity index (χ0n) is 25.3. The van der Waals surface area contributed by atoms with Crippen LogP contribution < -0.4 is 5.32 Å². The van der Waals surface area contributed by atoms with Gasteiger partial charge in [0.25, 0.3) is 0 Å². The molecule has 1 aliphatic rings. The molecule has 0 spiro atoms. The fraction of sp³-hybridized carbons (Fsp3) is 0.278. The molecule has 9 heteroatoms. The molecule has 6 rings (SSSR count). The van der Waals surface area contributed by atoms with Gasteiger partial charge >= 0.3 is 0 Å². The van der Waals surface area contributed by atoms with E-state index >= 15 is 0 Å². The number of carbonyl (C=O) groups excluding carboxylic acids is 1. The lowest BCUT2D eigenvalue weighted by Gasteiger charge is -2.25. The number of carbonyl (C=O) groups is 1. The molecule has 232 valence electrons. The number of imidazole rings is 1. The summed E-state index contributed by atoms with van der Waals surface area (Å²) in [5.74, 6) is 0.346. The van der Waals surface area contributed by atoms with Crippen molar-refractivity contribution < 1.29 is 14.6 Å². The predicted octanol–water partition coefficient (Wildman–Crippen LogP) is 6.39. The van der Waals surface area contributed by atoms with Crippen LogP contribution in [0.4, 0.5) is 0 Å². The molecular weight excluding hydrogens is 604 g/mol. The maximum Gasteiger partial charge on any atom is 0.232 e. The third-order valence-corrected chi connectivity index (χ3v) is 9.69. The van der Waals surface area contributed by atoms with Crippen LogP contribution in [-0.2, 0) is 35.8 Å². The Kier molecular flexibility index (Phi) is 10.1. The summed E-state index contributed by atoms with van der Waals surface area (Å²) >= 11 is 7.98. The van der Waals surface area contributed by atoms with Crippen LogP contribution >= 0.6 is 22.9 Å². The molecule has 3 heterocycles. The summed E-state index contributed by atoms with van der Waals surface area (Å²) in [6.07, 6.45) is 0. The monoisotopic (exact) mass is 640 g/mol. The van der Waals surface area contributed by atoms with Crippen molar-refractivity contribution in [1.82, 2.24) is 19.8 Å². The minimum Gasteiger partial charge on any atom is -0.390 e. The van der Waals surface area contributed by atoms with Crippen molar-refractivity contribution in [2.45, 2.75) is 39.1 Å². The molecule has 2 aromatic heterocycles. The molecule has 45 heavy (non-hydrogen) atoms. The molecule has 3 aromatic carbocycles. The van der Waals surface area contributed by atoms with Crippen LogP contribution in [0.2, 0.25) is 5.15 Å². The van der Waals surface area contributed by atoms with Crippen LogP contribution in [0.1, 0.15) is 43.9 Å². The van der Waals surface area contributed by atoms with Crippen LogP contribution in [0.15, 0.2) is 91.0 Å². The van der Waals surface area contributed by atoms with Gasteiger partial charge in [0, 0.05) is 35.9 Å². The quantitative estimate of drug-likeness (QED) is 0.175. The molecule has 0 unspecified atom stereocenters. The molecule has 1 aliphatic heterocycles. The number of thiophene rings is 1. The van der Waals surface area contributed by atoms with Gasteiger partial charge in [-0.3, -0.25) is 9.69 Å². The Morgan fingerprint density at radius 1 is 0.978 bits per heavy atom. The van der Waals surface area contributed by atoms with E-state index in [-0.39, 0.29) is 12.5 Å². The second-order valence-electron chi connectivity index (χ2n) is 11.2. The average molecular weight is 641 g/mol. The maximum atomic E-state index is 13.8. The molecule has 5 aromatic rings. The number of nitrogens with zero attached hydrogens (tertiary/aromatic N) is 3. The Morgan fingerprint density at radius 3 is 2.24 bits per heavy atom. The molecular formula is C36H37ClN4O3S. The standard InChI is InChI=1S/C36H37ClN4O3S/c1-25-39-35(37)32(24-42)41(25)22-26-12-14-27(15-13-26)31-20-30(23-40-16-18-44-19-17-40)45-33(31)21-38-36(43)34(28-8-4-2-5-9-28)29-10-6-3-7-11-29/h2-15,20,34,42H,16-19,21-24H2,1H3,(H,38,43). The number of aryl methyl sites for hydroxylation is 1. The Morgan fingerprint density at radius 2 is 1.62 bits per heavy atom. The van der Waals surface area contributed by atoms with Crippen molar-refractivity contribution in [3.8, 4) is 11.1 Å². The van der Waals surface area contributed by atoms with Crippen LogP contribution in [-0.4, -0.2) is 51.8 Å². The Bertz CT molecular complexity index is 1680. The Balaban J connectivity index is 1.25. The van der Waals surface area contributed by atoms with Crippen LogP contribution in [0, 0.1) is 6.92 Å². The third kappa shape index (κ3) is 7.38. The highest BCUT2D eigenvalue weighted by Crippen LogP contribution is 2.34. The summed E-state index contributed by atoms with van der Waals surface area (Å²) in [5.41, 5.74) is 5.86. The maximum absolute atomic E-state index is 13.8. The summed E-state index contributed by atoms with van der Waals surface area (Å²) < 4.78 is 7.50. The van der Waals surface area contributed by atoms with Crippen molar-refractivity contribution in [3.05, 3.63) is 134 Å². The van der Waals surface area contributed by atoms with E-state index in [4.69, 9.17) is 16.3 Å². The number of aliphatic hydroxyl groups excluding tert-OH is 1. The van der Waals surface area contributed by atoms with Crippen molar-refractivity contribution >= 4 is 28.8 Å². The first-order chi connectivity index (χ1) is 22.0. The van der Waals surface area contributed by atoms with Gasteiger partial charge in [-0.15, -0.1) is 11.3 Å². The molecule has 1 fully saturated rings. The highest BCUT2D eigenvalue weighted by molar-refractivity contribution is 7.12. The minimum absolute atomic E-state index is 0.0223. The highest BCUT2D eigenvalue weighted by atomic mass is 35.5. The molecule has 0 saturated carbocycles. The average Bonchev–Trinajstić information content (AvgIpc) is 3.60. The number of benzene rings is 3. The molecule has 0 bridgehead atoms. The molecule has 0 aliphatic carbocycles. The van der Waals surface area contributed by atoms with Gasteiger partial charge in [0.05, 0.1) is 38.0 Å². The summed E-state index contributed by atoms with van der Waals surface area (Å²) in [4.78, 5) is 22.9. The van der Waals surface area contributed by atoms with E-state index in [1.807, 2.05) is 72.2 Å². The van der Waals surface area contributed by atoms with Crippen molar-refractivity contribution in [2.75, 3.05) is 26.3 Å². The molecule has 1 saturated heterocycles. The first kappa shape index (κ1) is 31.2. The van der Waals surface area contributed by atoms with Gasteiger partial charge in [0.15, 0.2) is 5.15 Å². The zero-order chi connectivity index (χ0) is 31.2.